The molecule has 1 N–H and O–H groups in total. The highest BCUT2D eigenvalue weighted by Crippen LogP contribution is 2.50. The molecule has 2 aromatic rings. The number of fused-ring (bicyclic) bond motifs is 1. The van der Waals surface area contributed by atoms with Crippen LogP contribution in [-0.2, 0) is 19.1 Å². The fourth-order valence-corrected chi connectivity index (χ4v) is 7.81. The fourth-order valence-electron chi connectivity index (χ4n) is 4.55. The van der Waals surface area contributed by atoms with E-state index in [2.05, 4.69) is 37.3 Å². The molecule has 7 nitrogen and oxygen atoms in total. The Morgan fingerprint density at radius 2 is 1.54 bits per heavy atom. The summed E-state index contributed by atoms with van der Waals surface area (Å²) in [6.07, 6.45) is 3.54. The van der Waals surface area contributed by atoms with Gasteiger partial charge in [-0.2, -0.15) is 0 Å². The zero-order valence-electron chi connectivity index (χ0n) is 23.2. The van der Waals surface area contributed by atoms with E-state index in [4.69, 9.17) is 15.6 Å². The van der Waals surface area contributed by atoms with Crippen molar-refractivity contribution in [1.29, 1.82) is 0 Å². The Labute approximate surface area is 225 Å². The van der Waals surface area contributed by atoms with E-state index in [0.717, 1.165) is 42.1 Å². The van der Waals surface area contributed by atoms with E-state index in [1.54, 1.807) is 12.1 Å². The van der Waals surface area contributed by atoms with Gasteiger partial charge < -0.3 is 18.8 Å². The Hall–Kier alpha value is -1.75. The smallest absolute Gasteiger partial charge is 0.241 e. The lowest BCUT2D eigenvalue weighted by Gasteiger charge is -2.31. The molecule has 37 heavy (non-hydrogen) atoms. The maximum atomic E-state index is 13.0. The Morgan fingerprint density at radius 3 is 2.19 bits per heavy atom. The summed E-state index contributed by atoms with van der Waals surface area (Å²) in [4.78, 5) is 5.70. The van der Waals surface area contributed by atoms with E-state index in [9.17, 15) is 8.42 Å². The van der Waals surface area contributed by atoms with Crippen molar-refractivity contribution in [3.8, 4) is 0 Å². The molecule has 0 saturated heterocycles. The van der Waals surface area contributed by atoms with Crippen LogP contribution in [0.15, 0.2) is 41.3 Å². The molecule has 0 aliphatic rings. The summed E-state index contributed by atoms with van der Waals surface area (Å²) in [5, 5.41) is 1.65. The highest BCUT2D eigenvalue weighted by atomic mass is 32.2. The van der Waals surface area contributed by atoms with E-state index >= 15 is 0 Å². The molecule has 0 radical (unpaired) electrons. The maximum Gasteiger partial charge on any atom is 0.241 e. The summed E-state index contributed by atoms with van der Waals surface area (Å²) in [6.45, 7) is 17.6. The molecule has 0 spiro atoms. The largest absolute Gasteiger partial charge is 0.377 e. The summed E-state index contributed by atoms with van der Waals surface area (Å²) in [6, 6.07) is 11.2. The highest BCUT2D eigenvalue weighted by Gasteiger charge is 2.30. The molecular weight excluding hydrogens is 505 g/mol. The van der Waals surface area contributed by atoms with Crippen molar-refractivity contribution >= 4 is 34.9 Å². The Bertz CT molecular complexity index is 1110. The summed E-state index contributed by atoms with van der Waals surface area (Å²) in [5.41, 5.74) is 1.32. The summed E-state index contributed by atoms with van der Waals surface area (Å²) >= 11 is 0. The van der Waals surface area contributed by atoms with Crippen molar-refractivity contribution in [2.75, 3.05) is 45.3 Å². The molecule has 0 saturated carbocycles. The lowest BCUT2D eigenvalue weighted by Crippen LogP contribution is -2.25. The van der Waals surface area contributed by atoms with Gasteiger partial charge in [0.05, 0.1) is 11.5 Å². The van der Waals surface area contributed by atoms with Crippen molar-refractivity contribution in [3.05, 3.63) is 47.8 Å². The van der Waals surface area contributed by atoms with Gasteiger partial charge in [-0.15, -0.1) is 0 Å². The zero-order chi connectivity index (χ0) is 27.4. The van der Waals surface area contributed by atoms with Crippen molar-refractivity contribution in [2.24, 2.45) is 11.8 Å². The van der Waals surface area contributed by atoms with E-state index in [1.807, 2.05) is 43.3 Å². The van der Waals surface area contributed by atoms with Crippen molar-refractivity contribution < 1.29 is 17.5 Å². The molecule has 2 rings (SSSR count). The van der Waals surface area contributed by atoms with Gasteiger partial charge in [0, 0.05) is 42.8 Å². The van der Waals surface area contributed by atoms with Gasteiger partial charge in [-0.05, 0) is 36.8 Å². The Kier molecular flexibility index (Phi) is 13.3. The van der Waals surface area contributed by atoms with Crippen LogP contribution < -0.4 is 9.62 Å². The SMILES string of the molecule is [C-]#[N+]CCOP(OCCCCCCNS(=O)(=O)c1cccc2c(N(C)C)cccc12)C(C(C)C)C(C)C. The first kappa shape index (κ1) is 31.5. The molecular formula is C28H44N3O4PS. The second kappa shape index (κ2) is 15.6. The van der Waals surface area contributed by atoms with Gasteiger partial charge >= 0.3 is 0 Å². The van der Waals surface area contributed by atoms with Gasteiger partial charge in [0.15, 0.2) is 8.38 Å². The number of benzene rings is 2. The number of rotatable bonds is 17. The number of hydrogen-bond donors (Lipinski definition) is 1. The first-order chi connectivity index (χ1) is 17.6. The molecule has 0 aromatic heterocycles. The number of nitrogens with zero attached hydrogens (tertiary/aromatic N) is 2. The second-order valence-corrected chi connectivity index (χ2v) is 13.6. The van der Waals surface area contributed by atoms with E-state index < -0.39 is 18.4 Å². The highest BCUT2D eigenvalue weighted by molar-refractivity contribution is 7.89. The number of anilines is 1. The third kappa shape index (κ3) is 9.50. The third-order valence-corrected chi connectivity index (χ3v) is 10.3. The van der Waals surface area contributed by atoms with Gasteiger partial charge in [0.1, 0.15) is 6.61 Å². The third-order valence-electron chi connectivity index (χ3n) is 6.24. The minimum absolute atomic E-state index is 0.318. The van der Waals surface area contributed by atoms with Crippen LogP contribution in [-0.4, -0.2) is 54.5 Å². The molecule has 0 amide bonds. The Morgan fingerprint density at radius 1 is 0.919 bits per heavy atom. The van der Waals surface area contributed by atoms with Crippen LogP contribution in [0.3, 0.4) is 0 Å². The molecule has 1 atom stereocenters. The molecule has 206 valence electrons. The van der Waals surface area contributed by atoms with Crippen molar-refractivity contribution in [1.82, 2.24) is 4.72 Å². The molecule has 0 aliphatic carbocycles. The lowest BCUT2D eigenvalue weighted by molar-refractivity contribution is 0.232. The maximum absolute atomic E-state index is 13.0. The van der Waals surface area contributed by atoms with Crippen LogP contribution in [0.2, 0.25) is 0 Å². The first-order valence-corrected chi connectivity index (χ1v) is 15.9. The zero-order valence-corrected chi connectivity index (χ0v) is 24.9. The van der Waals surface area contributed by atoms with Crippen LogP contribution in [0.4, 0.5) is 5.69 Å². The van der Waals surface area contributed by atoms with Crippen LogP contribution in [0, 0.1) is 18.4 Å². The number of nitrogens with one attached hydrogen (secondary N) is 1. The average Bonchev–Trinajstić information content (AvgIpc) is 2.84. The van der Waals surface area contributed by atoms with E-state index in [-0.39, 0.29) is 0 Å². The second-order valence-electron chi connectivity index (χ2n) is 10.1. The van der Waals surface area contributed by atoms with E-state index in [1.165, 1.54) is 0 Å². The lowest BCUT2D eigenvalue weighted by atomic mass is 10.00. The van der Waals surface area contributed by atoms with Crippen LogP contribution in [0.25, 0.3) is 15.6 Å². The number of sulfonamides is 1. The van der Waals surface area contributed by atoms with E-state index in [0.29, 0.717) is 48.7 Å². The first-order valence-electron chi connectivity index (χ1n) is 13.2. The predicted molar refractivity (Wildman–Crippen MR) is 156 cm³/mol. The quantitative estimate of drug-likeness (QED) is 0.135. The summed E-state index contributed by atoms with van der Waals surface area (Å²) < 4.78 is 41.0. The molecule has 1 unspecified atom stereocenters. The van der Waals surface area contributed by atoms with Gasteiger partial charge in [-0.25, -0.2) is 19.7 Å². The normalized spacial score (nSPS) is 13.0. The average molecular weight is 550 g/mol. The molecule has 0 aliphatic heterocycles. The van der Waals surface area contributed by atoms with Gasteiger partial charge in [0.25, 0.3) is 0 Å². The van der Waals surface area contributed by atoms with Crippen molar-refractivity contribution in [2.45, 2.75) is 63.9 Å². The molecule has 0 fully saturated rings. The van der Waals surface area contributed by atoms with Crippen LogP contribution in [0.1, 0.15) is 53.4 Å². The topological polar surface area (TPSA) is 72.2 Å². The molecule has 9 heteroatoms. The minimum Gasteiger partial charge on any atom is -0.377 e. The standard InChI is InChI=1S/C28H44N3O4PS/c1-22(2)28(23(3)4)36(35-21-19-29-5)34-20-11-9-8-10-18-30-37(32,33)27-17-13-14-24-25(27)15-12-16-26(24)31(6)7/h12-17,22-23,28,30H,8-11,18-21H2,1-4,6-7H3. The van der Waals surface area contributed by atoms with Crippen LogP contribution >= 0.6 is 8.38 Å². The monoisotopic (exact) mass is 549 g/mol. The van der Waals surface area contributed by atoms with Crippen LogP contribution in [0.5, 0.6) is 0 Å². The van der Waals surface area contributed by atoms with Gasteiger partial charge in [0.2, 0.25) is 16.6 Å². The number of hydrogen-bond acceptors (Lipinski definition) is 5. The van der Waals surface area contributed by atoms with Gasteiger partial charge in [-0.1, -0.05) is 64.8 Å². The number of unbranched alkanes of at least 4 members (excludes halogenated alkanes) is 3. The predicted octanol–water partition coefficient (Wildman–Crippen LogP) is 6.69. The fraction of sp³-hybridized carbons (Fsp3) is 0.607. The molecule has 0 heterocycles. The summed E-state index contributed by atoms with van der Waals surface area (Å²) in [5.74, 6) is 0.895. The Balaban J connectivity index is 1.82. The summed E-state index contributed by atoms with van der Waals surface area (Å²) in [7, 11) is -0.737. The minimum atomic E-state index is -3.60. The molecule has 2 aromatic carbocycles. The van der Waals surface area contributed by atoms with Gasteiger partial charge in [-0.3, -0.25) is 0 Å². The van der Waals surface area contributed by atoms with Crippen molar-refractivity contribution in [3.63, 3.8) is 0 Å². The molecule has 0 bridgehead atoms.